The van der Waals surface area contributed by atoms with Crippen LogP contribution in [0.3, 0.4) is 0 Å². The number of hydrogen-bond acceptors (Lipinski definition) is 2. The van der Waals surface area contributed by atoms with Gasteiger partial charge < -0.3 is 15.7 Å². The molecule has 1 aromatic rings. The second-order valence-corrected chi connectivity index (χ2v) is 4.87. The first-order valence-corrected chi connectivity index (χ1v) is 6.19. The quantitative estimate of drug-likeness (QED) is 0.768. The monoisotopic (exact) mass is 250 g/mol. The molecule has 0 spiro atoms. The highest BCUT2D eigenvalue weighted by Gasteiger charge is 2.14. The van der Waals surface area contributed by atoms with Gasteiger partial charge in [-0.15, -0.1) is 0 Å². The van der Waals surface area contributed by atoms with Gasteiger partial charge in [0.15, 0.2) is 0 Å². The van der Waals surface area contributed by atoms with E-state index < -0.39 is 0 Å². The molecule has 0 radical (unpaired) electrons. The van der Waals surface area contributed by atoms with Gasteiger partial charge >= 0.3 is 6.03 Å². The Morgan fingerprint density at radius 3 is 2.56 bits per heavy atom. The summed E-state index contributed by atoms with van der Waals surface area (Å²) in [5, 5.41) is 14.6. The van der Waals surface area contributed by atoms with Crippen molar-refractivity contribution in [3.63, 3.8) is 0 Å². The molecular formula is C14H22N2O2. The van der Waals surface area contributed by atoms with Crippen LogP contribution in [0.15, 0.2) is 18.2 Å². The predicted molar refractivity (Wildman–Crippen MR) is 73.8 cm³/mol. The van der Waals surface area contributed by atoms with Gasteiger partial charge in [0.05, 0.1) is 0 Å². The Morgan fingerprint density at radius 2 is 2.00 bits per heavy atom. The van der Waals surface area contributed by atoms with Crippen molar-refractivity contribution in [2.75, 3.05) is 11.9 Å². The van der Waals surface area contributed by atoms with Crippen molar-refractivity contribution in [1.29, 1.82) is 0 Å². The Bertz CT molecular complexity index is 418. The lowest BCUT2D eigenvalue weighted by molar-refractivity contribution is 0.204. The minimum Gasteiger partial charge on any atom is -0.396 e. The largest absolute Gasteiger partial charge is 0.396 e. The molecule has 18 heavy (non-hydrogen) atoms. The third-order valence-corrected chi connectivity index (χ3v) is 3.13. The average molecular weight is 250 g/mol. The molecule has 0 saturated heterocycles. The van der Waals surface area contributed by atoms with Crippen LogP contribution in [0.1, 0.15) is 25.0 Å². The number of hydrogen-bond donors (Lipinski definition) is 3. The van der Waals surface area contributed by atoms with Gasteiger partial charge in [-0.1, -0.05) is 24.6 Å². The SMILES string of the molecule is Cc1ccc(NC(=O)N[C@H](C)[C@H](C)CO)c(C)c1. The summed E-state index contributed by atoms with van der Waals surface area (Å²) < 4.78 is 0. The highest BCUT2D eigenvalue weighted by Crippen LogP contribution is 2.15. The van der Waals surface area contributed by atoms with Gasteiger partial charge in [-0.3, -0.25) is 0 Å². The molecule has 4 nitrogen and oxygen atoms in total. The van der Waals surface area contributed by atoms with E-state index >= 15 is 0 Å². The predicted octanol–water partition coefficient (Wildman–Crippen LogP) is 2.44. The van der Waals surface area contributed by atoms with Crippen LogP contribution < -0.4 is 10.6 Å². The summed E-state index contributed by atoms with van der Waals surface area (Å²) in [4.78, 5) is 11.8. The van der Waals surface area contributed by atoms with Gasteiger partial charge in [-0.25, -0.2) is 4.79 Å². The van der Waals surface area contributed by atoms with Gasteiger partial charge in [0, 0.05) is 18.3 Å². The molecule has 0 aliphatic rings. The normalized spacial score (nSPS) is 13.8. The zero-order chi connectivity index (χ0) is 13.7. The van der Waals surface area contributed by atoms with E-state index in [1.807, 2.05) is 45.9 Å². The van der Waals surface area contributed by atoms with E-state index in [9.17, 15) is 4.79 Å². The van der Waals surface area contributed by atoms with Gasteiger partial charge in [0.2, 0.25) is 0 Å². The minimum atomic E-state index is -0.241. The number of anilines is 1. The zero-order valence-corrected chi connectivity index (χ0v) is 11.4. The van der Waals surface area contributed by atoms with E-state index in [0.717, 1.165) is 11.3 Å². The Hall–Kier alpha value is -1.55. The Labute approximate surface area is 108 Å². The molecule has 0 heterocycles. The molecule has 4 heteroatoms. The second kappa shape index (κ2) is 6.40. The fourth-order valence-electron chi connectivity index (χ4n) is 1.62. The zero-order valence-electron chi connectivity index (χ0n) is 11.4. The smallest absolute Gasteiger partial charge is 0.319 e. The number of aliphatic hydroxyl groups excluding tert-OH is 1. The number of carbonyl (C=O) groups is 1. The topological polar surface area (TPSA) is 61.4 Å². The first-order chi connectivity index (χ1) is 8.43. The third kappa shape index (κ3) is 4.04. The van der Waals surface area contributed by atoms with Crippen LogP contribution in [0.25, 0.3) is 0 Å². The maximum Gasteiger partial charge on any atom is 0.319 e. The maximum absolute atomic E-state index is 11.8. The van der Waals surface area contributed by atoms with Crippen LogP contribution in [-0.2, 0) is 0 Å². The van der Waals surface area contributed by atoms with Crippen molar-refractivity contribution < 1.29 is 9.90 Å². The second-order valence-electron chi connectivity index (χ2n) is 4.87. The van der Waals surface area contributed by atoms with Gasteiger partial charge in [-0.05, 0) is 38.3 Å². The Morgan fingerprint density at radius 1 is 1.33 bits per heavy atom. The molecule has 2 amide bonds. The summed E-state index contributed by atoms with van der Waals surface area (Å²) in [6, 6.07) is 5.57. The van der Waals surface area contributed by atoms with Crippen LogP contribution in [0.5, 0.6) is 0 Å². The number of carbonyl (C=O) groups excluding carboxylic acids is 1. The molecule has 0 saturated carbocycles. The summed E-state index contributed by atoms with van der Waals surface area (Å²) in [5.41, 5.74) is 3.01. The maximum atomic E-state index is 11.8. The van der Waals surface area contributed by atoms with Crippen molar-refractivity contribution in [3.05, 3.63) is 29.3 Å². The highest BCUT2D eigenvalue weighted by molar-refractivity contribution is 5.90. The molecule has 0 unspecified atom stereocenters. The first kappa shape index (κ1) is 14.5. The summed E-state index contributed by atoms with van der Waals surface area (Å²) in [6.45, 7) is 7.81. The standard InChI is InChI=1S/C14H22N2O2/c1-9-5-6-13(10(2)7-9)16-14(18)15-12(4)11(3)8-17/h5-7,11-12,17H,8H2,1-4H3,(H2,15,16,18)/t11-,12-/m1/s1. The lowest BCUT2D eigenvalue weighted by atomic mass is 10.1. The first-order valence-electron chi connectivity index (χ1n) is 6.19. The van der Waals surface area contributed by atoms with E-state index in [0.29, 0.717) is 0 Å². The lowest BCUT2D eigenvalue weighted by Gasteiger charge is -2.20. The van der Waals surface area contributed by atoms with Crippen molar-refractivity contribution in [3.8, 4) is 0 Å². The van der Waals surface area contributed by atoms with Gasteiger partial charge in [-0.2, -0.15) is 0 Å². The molecule has 1 aromatic carbocycles. The van der Waals surface area contributed by atoms with Crippen molar-refractivity contribution in [1.82, 2.24) is 5.32 Å². The molecular weight excluding hydrogens is 228 g/mol. The lowest BCUT2D eigenvalue weighted by Crippen LogP contribution is -2.40. The van der Waals surface area contributed by atoms with Crippen molar-refractivity contribution in [2.24, 2.45) is 5.92 Å². The average Bonchev–Trinajstić information content (AvgIpc) is 2.31. The van der Waals surface area contributed by atoms with Gasteiger partial charge in [0.25, 0.3) is 0 Å². The van der Waals surface area contributed by atoms with Crippen LogP contribution in [0.2, 0.25) is 0 Å². The highest BCUT2D eigenvalue weighted by atomic mass is 16.3. The molecule has 0 bridgehead atoms. The summed E-state index contributed by atoms with van der Waals surface area (Å²) in [6.07, 6.45) is 0. The number of urea groups is 1. The molecule has 2 atom stereocenters. The number of benzene rings is 1. The summed E-state index contributed by atoms with van der Waals surface area (Å²) in [5.74, 6) is 0.0369. The van der Waals surface area contributed by atoms with E-state index in [2.05, 4.69) is 10.6 Å². The van der Waals surface area contributed by atoms with E-state index in [4.69, 9.17) is 5.11 Å². The Balaban J connectivity index is 2.59. The minimum absolute atomic E-state index is 0.0369. The molecule has 0 aliphatic carbocycles. The fourth-order valence-corrected chi connectivity index (χ4v) is 1.62. The van der Waals surface area contributed by atoms with Crippen LogP contribution in [0.4, 0.5) is 10.5 Å². The molecule has 100 valence electrons. The molecule has 0 fully saturated rings. The molecule has 0 aromatic heterocycles. The summed E-state index contributed by atoms with van der Waals surface area (Å²) >= 11 is 0. The van der Waals surface area contributed by atoms with Crippen molar-refractivity contribution >= 4 is 11.7 Å². The molecule has 1 rings (SSSR count). The van der Waals surface area contributed by atoms with E-state index in [-0.39, 0.29) is 24.6 Å². The van der Waals surface area contributed by atoms with Crippen LogP contribution in [-0.4, -0.2) is 23.8 Å². The van der Waals surface area contributed by atoms with Crippen molar-refractivity contribution in [2.45, 2.75) is 33.7 Å². The number of aryl methyl sites for hydroxylation is 2. The van der Waals surface area contributed by atoms with E-state index in [1.54, 1.807) is 0 Å². The van der Waals surface area contributed by atoms with Gasteiger partial charge in [0.1, 0.15) is 0 Å². The summed E-state index contributed by atoms with van der Waals surface area (Å²) in [7, 11) is 0. The van der Waals surface area contributed by atoms with Crippen LogP contribution >= 0.6 is 0 Å². The number of aliphatic hydroxyl groups is 1. The number of nitrogens with one attached hydrogen (secondary N) is 2. The third-order valence-electron chi connectivity index (χ3n) is 3.13. The van der Waals surface area contributed by atoms with E-state index in [1.165, 1.54) is 5.56 Å². The number of rotatable bonds is 4. The number of amides is 2. The molecule has 3 N–H and O–H groups in total. The fraction of sp³-hybridized carbons (Fsp3) is 0.500. The Kier molecular flexibility index (Phi) is 5.16. The molecule has 0 aliphatic heterocycles. The van der Waals surface area contributed by atoms with Crippen LogP contribution in [0, 0.1) is 19.8 Å².